The number of aryl methyl sites for hydroxylation is 1. The topological polar surface area (TPSA) is 81.7 Å². The molecule has 6 nitrogen and oxygen atoms in total. The summed E-state index contributed by atoms with van der Waals surface area (Å²) in [6.07, 6.45) is 0.643. The van der Waals surface area contributed by atoms with Crippen LogP contribution in [0.3, 0.4) is 0 Å². The normalized spacial score (nSPS) is 11.1. The summed E-state index contributed by atoms with van der Waals surface area (Å²) in [5.74, 6) is 0.163. The Morgan fingerprint density at radius 3 is 2.50 bits per heavy atom. The Bertz CT molecular complexity index is 906. The Hall–Kier alpha value is -2.54. The van der Waals surface area contributed by atoms with Crippen LogP contribution in [0, 0.1) is 6.92 Å². The number of methoxy groups -OCH3 is 1. The zero-order valence-electron chi connectivity index (χ0n) is 15.3. The Balaban J connectivity index is 2.38. The molecule has 0 aliphatic heterocycles. The molecule has 0 bridgehead atoms. The number of benzene rings is 2. The fraction of sp³-hybridized carbons (Fsp3) is 0.316. The molecule has 140 valence electrons. The van der Waals surface area contributed by atoms with Crippen molar-refractivity contribution in [1.29, 1.82) is 0 Å². The zero-order valence-corrected chi connectivity index (χ0v) is 16.1. The number of nitrogens with one attached hydrogen (secondary N) is 1. The number of anilines is 1. The predicted molar refractivity (Wildman–Crippen MR) is 100 cm³/mol. The molecule has 0 radical (unpaired) electrons. The highest BCUT2D eigenvalue weighted by Gasteiger charge is 2.19. The number of sulfonamides is 1. The standard InChI is InChI=1S/C19H23NO5S/c1-5-14-12-15(10-11-18(14)24-4)26(22,23)20-17-9-7-8-16(13(17)3)19(21)25-6-2/h7-12,20H,5-6H2,1-4H3. The van der Waals surface area contributed by atoms with Crippen LogP contribution < -0.4 is 9.46 Å². The number of ether oxygens (including phenoxy) is 2. The molecule has 1 N–H and O–H groups in total. The van der Waals surface area contributed by atoms with E-state index in [4.69, 9.17) is 9.47 Å². The van der Waals surface area contributed by atoms with Gasteiger partial charge in [0.15, 0.2) is 0 Å². The van der Waals surface area contributed by atoms with Gasteiger partial charge in [-0.05, 0) is 61.7 Å². The summed E-state index contributed by atoms with van der Waals surface area (Å²) in [6.45, 7) is 5.57. The second-order valence-electron chi connectivity index (χ2n) is 5.63. The SMILES string of the molecule is CCOC(=O)c1cccc(NS(=O)(=O)c2ccc(OC)c(CC)c2)c1C. The van der Waals surface area contributed by atoms with Gasteiger partial charge in [-0.2, -0.15) is 0 Å². The quantitative estimate of drug-likeness (QED) is 0.746. The lowest BCUT2D eigenvalue weighted by Gasteiger charge is -2.14. The molecule has 0 atom stereocenters. The summed E-state index contributed by atoms with van der Waals surface area (Å²) < 4.78 is 38.3. The minimum Gasteiger partial charge on any atom is -0.496 e. The van der Waals surface area contributed by atoms with Crippen LogP contribution in [-0.4, -0.2) is 28.1 Å². The van der Waals surface area contributed by atoms with Crippen LogP contribution >= 0.6 is 0 Å². The van der Waals surface area contributed by atoms with Gasteiger partial charge in [0.1, 0.15) is 5.75 Å². The molecule has 26 heavy (non-hydrogen) atoms. The summed E-state index contributed by atoms with van der Waals surface area (Å²) in [6, 6.07) is 9.54. The largest absolute Gasteiger partial charge is 0.496 e. The van der Waals surface area contributed by atoms with Crippen LogP contribution in [0.1, 0.15) is 35.3 Å². The van der Waals surface area contributed by atoms with E-state index in [1.165, 1.54) is 6.07 Å². The van der Waals surface area contributed by atoms with Gasteiger partial charge in [0.25, 0.3) is 10.0 Å². The molecule has 0 aliphatic carbocycles. The van der Waals surface area contributed by atoms with Crippen LogP contribution in [0.15, 0.2) is 41.3 Å². The molecule has 0 aromatic heterocycles. The van der Waals surface area contributed by atoms with Crippen molar-refractivity contribution < 1.29 is 22.7 Å². The maximum absolute atomic E-state index is 12.8. The van der Waals surface area contributed by atoms with Gasteiger partial charge in [-0.25, -0.2) is 13.2 Å². The molecule has 0 spiro atoms. The summed E-state index contributed by atoms with van der Waals surface area (Å²) in [5.41, 5.74) is 1.98. The van der Waals surface area contributed by atoms with Crippen LogP contribution in [0.4, 0.5) is 5.69 Å². The van der Waals surface area contributed by atoms with Gasteiger partial charge in [0.2, 0.25) is 0 Å². The van der Waals surface area contributed by atoms with Crippen molar-refractivity contribution >= 4 is 21.7 Å². The van der Waals surface area contributed by atoms with E-state index in [0.29, 0.717) is 29.0 Å². The van der Waals surface area contributed by atoms with Crippen LogP contribution in [-0.2, 0) is 21.2 Å². The summed E-state index contributed by atoms with van der Waals surface area (Å²) in [5, 5.41) is 0. The highest BCUT2D eigenvalue weighted by molar-refractivity contribution is 7.92. The highest BCUT2D eigenvalue weighted by atomic mass is 32.2. The molecule has 0 saturated carbocycles. The number of hydrogen-bond acceptors (Lipinski definition) is 5. The van der Waals surface area contributed by atoms with Crippen LogP contribution in [0.25, 0.3) is 0 Å². The minimum atomic E-state index is -3.81. The van der Waals surface area contributed by atoms with Crippen molar-refractivity contribution in [3.63, 3.8) is 0 Å². The number of carbonyl (C=O) groups excluding carboxylic acids is 1. The first-order valence-corrected chi connectivity index (χ1v) is 9.78. The second kappa shape index (κ2) is 8.23. The molecule has 0 amide bonds. The number of rotatable bonds is 7. The Morgan fingerprint density at radius 2 is 1.88 bits per heavy atom. The molecule has 2 rings (SSSR count). The highest BCUT2D eigenvalue weighted by Crippen LogP contribution is 2.26. The van der Waals surface area contributed by atoms with E-state index < -0.39 is 16.0 Å². The van der Waals surface area contributed by atoms with Crippen molar-refractivity contribution in [3.05, 3.63) is 53.1 Å². The van der Waals surface area contributed by atoms with Crippen molar-refractivity contribution in [3.8, 4) is 5.75 Å². The number of esters is 1. The van der Waals surface area contributed by atoms with Gasteiger partial charge in [0, 0.05) is 0 Å². The Morgan fingerprint density at radius 1 is 1.15 bits per heavy atom. The number of carbonyl (C=O) groups is 1. The third kappa shape index (κ3) is 4.16. The first-order valence-electron chi connectivity index (χ1n) is 8.30. The average molecular weight is 377 g/mol. The van der Waals surface area contributed by atoms with Gasteiger partial charge in [-0.15, -0.1) is 0 Å². The minimum absolute atomic E-state index is 0.135. The Kier molecular flexibility index (Phi) is 6.26. The monoisotopic (exact) mass is 377 g/mol. The Labute approximate surface area is 154 Å². The van der Waals surface area contributed by atoms with Crippen LogP contribution in [0.2, 0.25) is 0 Å². The molecule has 0 saturated heterocycles. The fourth-order valence-corrected chi connectivity index (χ4v) is 3.75. The molecule has 0 fully saturated rings. The molecule has 0 unspecified atom stereocenters. The third-order valence-corrected chi connectivity index (χ3v) is 5.38. The van der Waals surface area contributed by atoms with Gasteiger partial charge < -0.3 is 9.47 Å². The van der Waals surface area contributed by atoms with Crippen molar-refractivity contribution in [2.45, 2.75) is 32.1 Å². The van der Waals surface area contributed by atoms with E-state index in [1.54, 1.807) is 51.3 Å². The first kappa shape index (κ1) is 19.8. The van der Waals surface area contributed by atoms with Gasteiger partial charge >= 0.3 is 5.97 Å². The molecular weight excluding hydrogens is 354 g/mol. The van der Waals surface area contributed by atoms with Gasteiger partial charge in [-0.3, -0.25) is 4.72 Å². The molecule has 2 aromatic carbocycles. The first-order chi connectivity index (χ1) is 12.3. The summed E-state index contributed by atoms with van der Waals surface area (Å²) in [4.78, 5) is 12.1. The maximum Gasteiger partial charge on any atom is 0.338 e. The lowest BCUT2D eigenvalue weighted by molar-refractivity contribution is 0.0525. The zero-order chi connectivity index (χ0) is 19.3. The number of hydrogen-bond donors (Lipinski definition) is 1. The van der Waals surface area contributed by atoms with Crippen molar-refractivity contribution in [2.24, 2.45) is 0 Å². The van der Waals surface area contributed by atoms with Crippen molar-refractivity contribution in [1.82, 2.24) is 0 Å². The van der Waals surface area contributed by atoms with Crippen LogP contribution in [0.5, 0.6) is 5.75 Å². The third-order valence-electron chi connectivity index (χ3n) is 4.02. The van der Waals surface area contributed by atoms with Gasteiger partial charge in [-0.1, -0.05) is 13.0 Å². The fourth-order valence-electron chi connectivity index (χ4n) is 2.58. The molecule has 0 aliphatic rings. The van der Waals surface area contributed by atoms with E-state index in [9.17, 15) is 13.2 Å². The van der Waals surface area contributed by atoms with Gasteiger partial charge in [0.05, 0.1) is 29.9 Å². The predicted octanol–water partition coefficient (Wildman–Crippen LogP) is 3.54. The van der Waals surface area contributed by atoms with E-state index in [1.807, 2.05) is 6.92 Å². The van der Waals surface area contributed by atoms with E-state index in [-0.39, 0.29) is 11.5 Å². The summed E-state index contributed by atoms with van der Waals surface area (Å²) >= 11 is 0. The molecule has 0 heterocycles. The maximum atomic E-state index is 12.8. The average Bonchev–Trinajstić information content (AvgIpc) is 2.62. The van der Waals surface area contributed by atoms with Crippen molar-refractivity contribution in [2.75, 3.05) is 18.4 Å². The lowest BCUT2D eigenvalue weighted by Crippen LogP contribution is -2.16. The van der Waals surface area contributed by atoms with E-state index >= 15 is 0 Å². The van der Waals surface area contributed by atoms with E-state index in [2.05, 4.69) is 4.72 Å². The summed E-state index contributed by atoms with van der Waals surface area (Å²) in [7, 11) is -2.26. The molecular formula is C19H23NO5S. The van der Waals surface area contributed by atoms with E-state index in [0.717, 1.165) is 5.56 Å². The lowest BCUT2D eigenvalue weighted by atomic mass is 10.1. The smallest absolute Gasteiger partial charge is 0.338 e. The molecule has 7 heteroatoms. The second-order valence-corrected chi connectivity index (χ2v) is 7.31. The molecule has 2 aromatic rings.